The molecule has 0 saturated heterocycles. The molecule has 0 fully saturated rings. The predicted molar refractivity (Wildman–Crippen MR) is 106 cm³/mol. The van der Waals surface area contributed by atoms with Gasteiger partial charge < -0.3 is 10.2 Å². The molecule has 0 unspecified atom stereocenters. The van der Waals surface area contributed by atoms with Gasteiger partial charge in [0.2, 0.25) is 5.91 Å². The summed E-state index contributed by atoms with van der Waals surface area (Å²) in [5.41, 5.74) is 0.530. The van der Waals surface area contributed by atoms with E-state index in [1.165, 1.54) is 29.5 Å². The molecule has 0 saturated carbocycles. The lowest BCUT2D eigenvalue weighted by Gasteiger charge is -2.15. The van der Waals surface area contributed by atoms with E-state index in [-0.39, 0.29) is 42.7 Å². The Balaban J connectivity index is 0.00000312. The third kappa shape index (κ3) is 6.87. The highest BCUT2D eigenvalue weighted by Crippen LogP contribution is 2.18. The summed E-state index contributed by atoms with van der Waals surface area (Å²) in [6.45, 7) is 1.32. The van der Waals surface area contributed by atoms with Crippen molar-refractivity contribution in [1.82, 2.24) is 15.2 Å². The van der Waals surface area contributed by atoms with Crippen molar-refractivity contribution in [1.29, 1.82) is 0 Å². The molecule has 0 bridgehead atoms. The number of carbonyl (C=O) groups is 2. The first-order chi connectivity index (χ1) is 11.5. The van der Waals surface area contributed by atoms with Crippen LogP contribution >= 0.6 is 36.2 Å². The van der Waals surface area contributed by atoms with E-state index < -0.39 is 11.7 Å². The van der Waals surface area contributed by atoms with Crippen LogP contribution < -0.4 is 10.6 Å². The van der Waals surface area contributed by atoms with Crippen molar-refractivity contribution in [2.75, 3.05) is 32.5 Å². The van der Waals surface area contributed by atoms with Gasteiger partial charge in [-0.25, -0.2) is 9.37 Å². The molecule has 0 aliphatic heterocycles. The average molecular weight is 423 g/mol. The number of halogens is 3. The number of hydrogen-bond donors (Lipinski definition) is 2. The van der Waals surface area contributed by atoms with Gasteiger partial charge in [0.15, 0.2) is 5.13 Å². The molecule has 1 heterocycles. The smallest absolute Gasteiger partial charge is 0.260 e. The second-order valence-corrected chi connectivity index (χ2v) is 6.03. The van der Waals surface area contributed by atoms with E-state index in [1.807, 2.05) is 7.05 Å². The van der Waals surface area contributed by atoms with Crippen LogP contribution in [0.25, 0.3) is 0 Å². The van der Waals surface area contributed by atoms with Crippen LogP contribution in [0.3, 0.4) is 0 Å². The van der Waals surface area contributed by atoms with Gasteiger partial charge >= 0.3 is 0 Å². The highest BCUT2D eigenvalue weighted by Gasteiger charge is 2.15. The minimum absolute atomic E-state index is 0. The van der Waals surface area contributed by atoms with Crippen molar-refractivity contribution in [2.24, 2.45) is 0 Å². The maximum atomic E-state index is 13.6. The summed E-state index contributed by atoms with van der Waals surface area (Å²) in [7, 11) is 3.55. The van der Waals surface area contributed by atoms with Crippen LogP contribution in [0.4, 0.5) is 9.52 Å². The number of nitrogens with one attached hydrogen (secondary N) is 2. The molecule has 10 heteroatoms. The van der Waals surface area contributed by atoms with Crippen molar-refractivity contribution in [2.45, 2.75) is 6.42 Å². The Bertz CT molecular complexity index is 730. The molecule has 0 aliphatic carbocycles. The number of thiazole rings is 1. The number of aromatic nitrogens is 1. The van der Waals surface area contributed by atoms with E-state index in [4.69, 9.17) is 0 Å². The number of anilines is 1. The Morgan fingerprint density at radius 1 is 1.27 bits per heavy atom. The standard InChI is InChI=1S/C16H19FN4O2S.2ClH/c1-18-7-8-21(2)14(22)9-11-10-24-16(19-11)20-15(23)12-5-3-4-6-13(12)17;;/h3-6,10,18H,7-9H2,1-2H3,(H,19,20,23);2*1H. The Hall–Kier alpha value is -1.74. The number of hydrogen-bond acceptors (Lipinski definition) is 5. The van der Waals surface area contributed by atoms with E-state index in [2.05, 4.69) is 15.6 Å². The molecule has 0 aliphatic rings. The van der Waals surface area contributed by atoms with E-state index in [0.29, 0.717) is 23.9 Å². The molecule has 6 nitrogen and oxygen atoms in total. The fraction of sp³-hybridized carbons (Fsp3) is 0.312. The molecule has 1 aromatic carbocycles. The first kappa shape index (κ1) is 24.3. The highest BCUT2D eigenvalue weighted by molar-refractivity contribution is 7.14. The third-order valence-electron chi connectivity index (χ3n) is 3.35. The maximum Gasteiger partial charge on any atom is 0.260 e. The van der Waals surface area contributed by atoms with Crippen molar-refractivity contribution >= 4 is 53.1 Å². The minimum atomic E-state index is -0.590. The van der Waals surface area contributed by atoms with Crippen molar-refractivity contribution in [3.05, 3.63) is 46.7 Å². The summed E-state index contributed by atoms with van der Waals surface area (Å²) >= 11 is 1.20. The van der Waals surface area contributed by atoms with Crippen LogP contribution in [0.2, 0.25) is 0 Å². The SMILES string of the molecule is CNCCN(C)C(=O)Cc1csc(NC(=O)c2ccccc2F)n1.Cl.Cl. The summed E-state index contributed by atoms with van der Waals surface area (Å²) in [5, 5.41) is 7.57. The summed E-state index contributed by atoms with van der Waals surface area (Å²) < 4.78 is 13.6. The molecule has 26 heavy (non-hydrogen) atoms. The van der Waals surface area contributed by atoms with Gasteiger partial charge in [0, 0.05) is 25.5 Å². The number of amides is 2. The van der Waals surface area contributed by atoms with Crippen molar-refractivity contribution in [3.8, 4) is 0 Å². The van der Waals surface area contributed by atoms with E-state index in [0.717, 1.165) is 0 Å². The molecule has 2 rings (SSSR count). The van der Waals surface area contributed by atoms with E-state index >= 15 is 0 Å². The summed E-state index contributed by atoms with van der Waals surface area (Å²) in [5.74, 6) is -1.21. The second-order valence-electron chi connectivity index (χ2n) is 5.17. The zero-order valence-corrected chi connectivity index (χ0v) is 16.8. The van der Waals surface area contributed by atoms with Crippen LogP contribution in [0, 0.1) is 5.82 Å². The molecular formula is C16H21Cl2FN4O2S. The summed E-state index contributed by atoms with van der Waals surface area (Å²) in [6.07, 6.45) is 0.159. The Morgan fingerprint density at radius 2 is 1.96 bits per heavy atom. The molecule has 2 N–H and O–H groups in total. The molecule has 0 atom stereocenters. The normalized spacial score (nSPS) is 9.65. The molecule has 1 aromatic heterocycles. The van der Waals surface area contributed by atoms with Crippen LogP contribution in [0.1, 0.15) is 16.1 Å². The average Bonchev–Trinajstić information content (AvgIpc) is 2.99. The zero-order valence-electron chi connectivity index (χ0n) is 14.3. The minimum Gasteiger partial charge on any atom is -0.344 e. The molecule has 0 spiro atoms. The number of carbonyl (C=O) groups excluding carboxylic acids is 2. The monoisotopic (exact) mass is 422 g/mol. The third-order valence-corrected chi connectivity index (χ3v) is 4.15. The lowest BCUT2D eigenvalue weighted by Crippen LogP contribution is -2.33. The van der Waals surface area contributed by atoms with Gasteiger partial charge in [0.05, 0.1) is 17.7 Å². The van der Waals surface area contributed by atoms with Gasteiger partial charge in [-0.05, 0) is 19.2 Å². The largest absolute Gasteiger partial charge is 0.344 e. The van der Waals surface area contributed by atoms with Gasteiger partial charge in [-0.1, -0.05) is 12.1 Å². The van der Waals surface area contributed by atoms with Gasteiger partial charge in [0.25, 0.3) is 5.91 Å². The number of benzene rings is 1. The highest BCUT2D eigenvalue weighted by atomic mass is 35.5. The summed E-state index contributed by atoms with van der Waals surface area (Å²) in [6, 6.07) is 5.73. The van der Waals surface area contributed by atoms with Crippen molar-refractivity contribution < 1.29 is 14.0 Å². The number of likely N-dealkylation sites (N-methyl/N-ethyl adjacent to an activating group) is 2. The fourth-order valence-corrected chi connectivity index (χ4v) is 2.65. The summed E-state index contributed by atoms with van der Waals surface area (Å²) in [4.78, 5) is 29.9. The quantitative estimate of drug-likeness (QED) is 0.718. The van der Waals surface area contributed by atoms with Gasteiger partial charge in [-0.2, -0.15) is 0 Å². The predicted octanol–water partition coefficient (Wildman–Crippen LogP) is 2.60. The van der Waals surface area contributed by atoms with Crippen LogP contribution in [0.5, 0.6) is 0 Å². The Morgan fingerprint density at radius 3 is 2.62 bits per heavy atom. The van der Waals surface area contributed by atoms with Gasteiger partial charge in [-0.15, -0.1) is 36.2 Å². The lowest BCUT2D eigenvalue weighted by molar-refractivity contribution is -0.129. The van der Waals surface area contributed by atoms with E-state index in [1.54, 1.807) is 23.4 Å². The lowest BCUT2D eigenvalue weighted by atomic mass is 10.2. The van der Waals surface area contributed by atoms with Crippen LogP contribution in [0.15, 0.2) is 29.6 Å². The van der Waals surface area contributed by atoms with Crippen molar-refractivity contribution in [3.63, 3.8) is 0 Å². The topological polar surface area (TPSA) is 74.3 Å². The first-order valence-corrected chi connectivity index (χ1v) is 8.28. The van der Waals surface area contributed by atoms with Gasteiger partial charge in [0.1, 0.15) is 5.82 Å². The zero-order chi connectivity index (χ0) is 17.5. The molecule has 2 aromatic rings. The molecule has 2 amide bonds. The molecule has 144 valence electrons. The second kappa shape index (κ2) is 11.8. The molecular weight excluding hydrogens is 402 g/mol. The fourth-order valence-electron chi connectivity index (χ4n) is 1.95. The maximum absolute atomic E-state index is 13.6. The number of rotatable bonds is 7. The van der Waals surface area contributed by atoms with E-state index in [9.17, 15) is 14.0 Å². The Labute approximate surface area is 168 Å². The van der Waals surface area contributed by atoms with Gasteiger partial charge in [-0.3, -0.25) is 14.9 Å². The first-order valence-electron chi connectivity index (χ1n) is 7.40. The number of nitrogens with zero attached hydrogens (tertiary/aromatic N) is 2. The van der Waals surface area contributed by atoms with Crippen LogP contribution in [-0.4, -0.2) is 48.9 Å². The molecule has 0 radical (unpaired) electrons. The Kier molecular flexibility index (Phi) is 11.0. The van der Waals surface area contributed by atoms with Crippen LogP contribution in [-0.2, 0) is 11.2 Å².